The fourth-order valence-electron chi connectivity index (χ4n) is 1.57. The first-order chi connectivity index (χ1) is 8.58. The van der Waals surface area contributed by atoms with Crippen LogP contribution in [0.15, 0.2) is 24.3 Å². The van der Waals surface area contributed by atoms with Crippen LogP contribution in [0, 0.1) is 0 Å². The Morgan fingerprint density at radius 3 is 2.61 bits per heavy atom. The van der Waals surface area contributed by atoms with Gasteiger partial charge in [-0.15, -0.1) is 0 Å². The number of nitrogens with two attached hydrogens (primary N) is 1. The molecule has 1 amide bonds. The summed E-state index contributed by atoms with van der Waals surface area (Å²) in [6.45, 7) is 0.428. The Morgan fingerprint density at radius 2 is 2.11 bits per heavy atom. The summed E-state index contributed by atoms with van der Waals surface area (Å²) < 4.78 is 4.81. The molecule has 0 aliphatic rings. The predicted octanol–water partition coefficient (Wildman–Crippen LogP) is 0.0515. The minimum Gasteiger partial charge on any atom is -0.389 e. The number of aliphatic hydroxyl groups is 1. The number of ether oxygens (including phenoxy) is 1. The molecule has 0 bridgehead atoms. The van der Waals surface area contributed by atoms with Crippen molar-refractivity contribution in [3.63, 3.8) is 0 Å². The molecule has 0 spiro atoms. The minimum atomic E-state index is -0.686. The van der Waals surface area contributed by atoms with Gasteiger partial charge in [-0.1, -0.05) is 0 Å². The van der Waals surface area contributed by atoms with Crippen molar-refractivity contribution in [2.45, 2.75) is 6.10 Å². The van der Waals surface area contributed by atoms with Crippen molar-refractivity contribution >= 4 is 11.6 Å². The molecule has 18 heavy (non-hydrogen) atoms. The Labute approximate surface area is 106 Å². The fraction of sp³-hybridized carbons (Fsp3) is 0.417. The number of carbonyl (C=O) groups is 1. The van der Waals surface area contributed by atoms with E-state index in [1.807, 2.05) is 0 Å². The van der Waals surface area contributed by atoms with Gasteiger partial charge in [0.15, 0.2) is 0 Å². The normalized spacial score (nSPS) is 12.0. The first kappa shape index (κ1) is 14.4. The van der Waals surface area contributed by atoms with Crippen molar-refractivity contribution in [2.24, 2.45) is 5.84 Å². The average molecular weight is 253 g/mol. The van der Waals surface area contributed by atoms with E-state index < -0.39 is 6.10 Å². The lowest BCUT2D eigenvalue weighted by Gasteiger charge is -2.20. The smallest absolute Gasteiger partial charge is 0.253 e. The van der Waals surface area contributed by atoms with Gasteiger partial charge in [0.1, 0.15) is 0 Å². The predicted molar refractivity (Wildman–Crippen MR) is 69.1 cm³/mol. The number of hydrazine groups is 1. The highest BCUT2D eigenvalue weighted by Gasteiger charge is 2.15. The van der Waals surface area contributed by atoms with Gasteiger partial charge in [0, 0.05) is 32.0 Å². The molecule has 0 aromatic heterocycles. The SMILES string of the molecule is COCC(O)CN(C)C(=O)c1ccc(NN)cc1. The zero-order chi connectivity index (χ0) is 13.5. The molecule has 0 aliphatic carbocycles. The third kappa shape index (κ3) is 3.99. The van der Waals surface area contributed by atoms with Gasteiger partial charge in [-0.2, -0.15) is 0 Å². The highest BCUT2D eigenvalue weighted by atomic mass is 16.5. The van der Waals surface area contributed by atoms with Crippen molar-refractivity contribution in [3.8, 4) is 0 Å². The van der Waals surface area contributed by atoms with Gasteiger partial charge in [-0.3, -0.25) is 10.6 Å². The zero-order valence-corrected chi connectivity index (χ0v) is 10.6. The van der Waals surface area contributed by atoms with Crippen LogP contribution in [0.3, 0.4) is 0 Å². The van der Waals surface area contributed by atoms with E-state index >= 15 is 0 Å². The quantitative estimate of drug-likeness (QED) is 0.492. The van der Waals surface area contributed by atoms with Crippen LogP contribution in [0.1, 0.15) is 10.4 Å². The first-order valence-electron chi connectivity index (χ1n) is 5.57. The maximum atomic E-state index is 12.0. The number of nitrogen functional groups attached to an aromatic ring is 1. The number of rotatable bonds is 6. The Kier molecular flexibility index (Phi) is 5.57. The second-order valence-electron chi connectivity index (χ2n) is 4.02. The van der Waals surface area contributed by atoms with E-state index in [2.05, 4.69) is 5.43 Å². The summed E-state index contributed by atoms with van der Waals surface area (Å²) in [7, 11) is 3.14. The molecule has 0 saturated heterocycles. The van der Waals surface area contributed by atoms with Crippen LogP contribution in [-0.2, 0) is 4.74 Å². The maximum Gasteiger partial charge on any atom is 0.253 e. The number of hydrogen-bond donors (Lipinski definition) is 3. The lowest BCUT2D eigenvalue weighted by molar-refractivity contribution is 0.0380. The molecule has 100 valence electrons. The summed E-state index contributed by atoms with van der Waals surface area (Å²) in [6, 6.07) is 6.78. The topological polar surface area (TPSA) is 87.8 Å². The third-order valence-electron chi connectivity index (χ3n) is 2.49. The summed E-state index contributed by atoms with van der Waals surface area (Å²) >= 11 is 0. The molecule has 0 fully saturated rings. The molecule has 6 heteroatoms. The molecule has 0 saturated carbocycles. The average Bonchev–Trinajstić information content (AvgIpc) is 2.38. The van der Waals surface area contributed by atoms with Gasteiger partial charge < -0.3 is 20.2 Å². The molecule has 1 aromatic carbocycles. The summed E-state index contributed by atoms with van der Waals surface area (Å²) in [5.41, 5.74) is 3.76. The Hall–Kier alpha value is -1.63. The lowest BCUT2D eigenvalue weighted by Crippen LogP contribution is -2.36. The third-order valence-corrected chi connectivity index (χ3v) is 2.49. The Balaban J connectivity index is 2.62. The molecule has 1 aromatic rings. The van der Waals surface area contributed by atoms with E-state index in [0.717, 1.165) is 5.69 Å². The van der Waals surface area contributed by atoms with E-state index in [4.69, 9.17) is 10.6 Å². The van der Waals surface area contributed by atoms with Crippen LogP contribution in [-0.4, -0.2) is 49.3 Å². The van der Waals surface area contributed by atoms with E-state index in [-0.39, 0.29) is 19.1 Å². The van der Waals surface area contributed by atoms with Crippen LogP contribution in [0.2, 0.25) is 0 Å². The van der Waals surface area contributed by atoms with Crippen molar-refractivity contribution < 1.29 is 14.6 Å². The number of methoxy groups -OCH3 is 1. The maximum absolute atomic E-state index is 12.0. The van der Waals surface area contributed by atoms with Crippen LogP contribution < -0.4 is 11.3 Å². The molecule has 6 nitrogen and oxygen atoms in total. The monoisotopic (exact) mass is 253 g/mol. The van der Waals surface area contributed by atoms with Crippen LogP contribution in [0.5, 0.6) is 0 Å². The van der Waals surface area contributed by atoms with E-state index in [1.54, 1.807) is 31.3 Å². The molecule has 1 unspecified atom stereocenters. The van der Waals surface area contributed by atoms with Gasteiger partial charge in [-0.05, 0) is 24.3 Å². The van der Waals surface area contributed by atoms with E-state index in [0.29, 0.717) is 5.56 Å². The number of benzene rings is 1. The molecular weight excluding hydrogens is 234 g/mol. The molecule has 4 N–H and O–H groups in total. The molecule has 0 aliphatic heterocycles. The van der Waals surface area contributed by atoms with Gasteiger partial charge >= 0.3 is 0 Å². The van der Waals surface area contributed by atoms with Crippen molar-refractivity contribution in [2.75, 3.05) is 32.7 Å². The highest BCUT2D eigenvalue weighted by molar-refractivity contribution is 5.94. The van der Waals surface area contributed by atoms with Crippen molar-refractivity contribution in [1.29, 1.82) is 0 Å². The largest absolute Gasteiger partial charge is 0.389 e. The van der Waals surface area contributed by atoms with Gasteiger partial charge in [-0.25, -0.2) is 0 Å². The number of aliphatic hydroxyl groups excluding tert-OH is 1. The number of anilines is 1. The summed E-state index contributed by atoms with van der Waals surface area (Å²) in [4.78, 5) is 13.5. The van der Waals surface area contributed by atoms with Crippen LogP contribution >= 0.6 is 0 Å². The van der Waals surface area contributed by atoms with Gasteiger partial charge in [0.05, 0.1) is 12.7 Å². The molecule has 1 atom stereocenters. The number of carbonyl (C=O) groups excluding carboxylic acids is 1. The van der Waals surface area contributed by atoms with Gasteiger partial charge in [0.25, 0.3) is 5.91 Å². The molecule has 0 radical (unpaired) electrons. The van der Waals surface area contributed by atoms with Gasteiger partial charge in [0.2, 0.25) is 0 Å². The summed E-state index contributed by atoms with van der Waals surface area (Å²) in [6.07, 6.45) is -0.686. The van der Waals surface area contributed by atoms with Crippen LogP contribution in [0.25, 0.3) is 0 Å². The van der Waals surface area contributed by atoms with E-state index in [9.17, 15) is 9.90 Å². The number of nitrogens with one attached hydrogen (secondary N) is 1. The summed E-state index contributed by atoms with van der Waals surface area (Å²) in [5.74, 6) is 5.08. The summed E-state index contributed by atoms with van der Waals surface area (Å²) in [5, 5.41) is 9.55. The van der Waals surface area contributed by atoms with Crippen molar-refractivity contribution in [1.82, 2.24) is 4.90 Å². The zero-order valence-electron chi connectivity index (χ0n) is 10.6. The molecule has 1 rings (SSSR count). The second-order valence-corrected chi connectivity index (χ2v) is 4.02. The number of hydrogen-bond acceptors (Lipinski definition) is 5. The minimum absolute atomic E-state index is 0.159. The highest BCUT2D eigenvalue weighted by Crippen LogP contribution is 2.10. The van der Waals surface area contributed by atoms with Crippen LogP contribution in [0.4, 0.5) is 5.69 Å². The van der Waals surface area contributed by atoms with E-state index in [1.165, 1.54) is 12.0 Å². The Morgan fingerprint density at radius 1 is 1.50 bits per heavy atom. The van der Waals surface area contributed by atoms with Crippen molar-refractivity contribution in [3.05, 3.63) is 29.8 Å². The second kappa shape index (κ2) is 6.95. The first-order valence-corrected chi connectivity index (χ1v) is 5.57. The molecule has 0 heterocycles. The Bertz CT molecular complexity index is 381. The number of nitrogens with zero attached hydrogens (tertiary/aromatic N) is 1. The standard InChI is InChI=1S/C12H19N3O3/c1-15(7-11(16)8-18-2)12(17)9-3-5-10(14-13)6-4-9/h3-6,11,14,16H,7-8,13H2,1-2H3. The molecular formula is C12H19N3O3. The lowest BCUT2D eigenvalue weighted by atomic mass is 10.2. The fourth-order valence-corrected chi connectivity index (χ4v) is 1.57. The number of amides is 1. The number of likely N-dealkylation sites (N-methyl/N-ethyl adjacent to an activating group) is 1.